The van der Waals surface area contributed by atoms with Gasteiger partial charge in [0.05, 0.1) is 0 Å². The first-order valence-electron chi connectivity index (χ1n) is 5.53. The van der Waals surface area contributed by atoms with E-state index in [-0.39, 0.29) is 11.2 Å². The highest BCUT2D eigenvalue weighted by molar-refractivity contribution is 7.19. The van der Waals surface area contributed by atoms with Gasteiger partial charge >= 0.3 is 0 Å². The fourth-order valence-electron chi connectivity index (χ4n) is 1.88. The number of aryl methyl sites for hydroxylation is 1. The fraction of sp³-hybridized carbons (Fsp3) is 0.143. The first-order valence-corrected chi connectivity index (χ1v) is 7.60. The van der Waals surface area contributed by atoms with E-state index >= 15 is 0 Å². The van der Waals surface area contributed by atoms with E-state index in [4.69, 9.17) is 11.6 Å². The molecule has 1 atom stereocenters. The van der Waals surface area contributed by atoms with Crippen molar-refractivity contribution < 1.29 is 4.39 Å². The van der Waals surface area contributed by atoms with Crippen LogP contribution in [0.2, 0.25) is 0 Å². The molecule has 0 fully saturated rings. The van der Waals surface area contributed by atoms with E-state index in [1.54, 1.807) is 34.8 Å². The molecule has 0 saturated heterocycles. The molecule has 0 amide bonds. The molecule has 0 spiro atoms. The van der Waals surface area contributed by atoms with E-state index in [0.29, 0.717) is 0 Å². The van der Waals surface area contributed by atoms with Crippen LogP contribution >= 0.6 is 34.3 Å². The van der Waals surface area contributed by atoms with Gasteiger partial charge in [0.2, 0.25) is 0 Å². The molecule has 0 radical (unpaired) electrons. The van der Waals surface area contributed by atoms with Crippen molar-refractivity contribution in [3.8, 4) is 0 Å². The van der Waals surface area contributed by atoms with Gasteiger partial charge < -0.3 is 0 Å². The van der Waals surface area contributed by atoms with E-state index in [0.717, 1.165) is 19.8 Å². The van der Waals surface area contributed by atoms with Gasteiger partial charge in [-0.1, -0.05) is 6.07 Å². The monoisotopic (exact) mass is 296 g/mol. The quantitative estimate of drug-likeness (QED) is 0.529. The number of thiophene rings is 2. The second-order valence-electron chi connectivity index (χ2n) is 4.14. The first-order chi connectivity index (χ1) is 8.63. The van der Waals surface area contributed by atoms with E-state index in [2.05, 4.69) is 19.1 Å². The summed E-state index contributed by atoms with van der Waals surface area (Å²) in [6, 6.07) is 11.0. The lowest BCUT2D eigenvalue weighted by Gasteiger charge is -2.02. The van der Waals surface area contributed by atoms with Gasteiger partial charge in [-0.05, 0) is 42.6 Å². The minimum absolute atomic E-state index is 0.135. The van der Waals surface area contributed by atoms with Gasteiger partial charge in [0.1, 0.15) is 11.2 Å². The van der Waals surface area contributed by atoms with E-state index in [1.165, 1.54) is 10.9 Å². The Bertz CT molecular complexity index is 699. The molecular formula is C14H10ClFS2. The van der Waals surface area contributed by atoms with E-state index in [9.17, 15) is 4.39 Å². The van der Waals surface area contributed by atoms with Crippen molar-refractivity contribution in [3.05, 3.63) is 56.8 Å². The van der Waals surface area contributed by atoms with Crippen LogP contribution in [0.1, 0.15) is 20.0 Å². The predicted octanol–water partition coefficient (Wildman–Crippen LogP) is 5.74. The highest BCUT2D eigenvalue weighted by Gasteiger charge is 2.15. The molecule has 0 saturated carbocycles. The molecule has 0 bridgehead atoms. The minimum Gasteiger partial charge on any atom is -0.207 e. The molecule has 18 heavy (non-hydrogen) atoms. The van der Waals surface area contributed by atoms with Crippen LogP contribution in [-0.4, -0.2) is 0 Å². The summed E-state index contributed by atoms with van der Waals surface area (Å²) in [5.74, 6) is -0.200. The van der Waals surface area contributed by atoms with Gasteiger partial charge in [0, 0.05) is 19.3 Å². The molecule has 2 aromatic heterocycles. The summed E-state index contributed by atoms with van der Waals surface area (Å²) < 4.78 is 14.1. The van der Waals surface area contributed by atoms with Gasteiger partial charge in [-0.25, -0.2) is 4.39 Å². The highest BCUT2D eigenvalue weighted by atomic mass is 35.5. The number of benzene rings is 1. The summed E-state index contributed by atoms with van der Waals surface area (Å²) in [5, 5.41) is 0.916. The summed E-state index contributed by atoms with van der Waals surface area (Å²) in [6.07, 6.45) is 0. The average Bonchev–Trinajstić information content (AvgIpc) is 2.93. The summed E-state index contributed by atoms with van der Waals surface area (Å²) in [7, 11) is 0. The van der Waals surface area contributed by atoms with Crippen LogP contribution in [0.5, 0.6) is 0 Å². The molecular weight excluding hydrogens is 287 g/mol. The maximum atomic E-state index is 13.1. The fourth-order valence-corrected chi connectivity index (χ4v) is 4.32. The summed E-state index contributed by atoms with van der Waals surface area (Å²) in [5.41, 5.74) is 0. The highest BCUT2D eigenvalue weighted by Crippen LogP contribution is 2.39. The smallest absolute Gasteiger partial charge is 0.124 e. The van der Waals surface area contributed by atoms with Crippen LogP contribution in [0.25, 0.3) is 10.1 Å². The molecule has 0 nitrogen and oxygen atoms in total. The van der Waals surface area contributed by atoms with Crippen molar-refractivity contribution in [2.24, 2.45) is 0 Å². The predicted molar refractivity (Wildman–Crippen MR) is 78.5 cm³/mol. The van der Waals surface area contributed by atoms with Gasteiger partial charge in [-0.2, -0.15) is 0 Å². The van der Waals surface area contributed by atoms with Crippen molar-refractivity contribution in [1.29, 1.82) is 0 Å². The first kappa shape index (κ1) is 12.2. The molecule has 2 heterocycles. The van der Waals surface area contributed by atoms with Crippen molar-refractivity contribution in [2.45, 2.75) is 12.3 Å². The maximum Gasteiger partial charge on any atom is 0.124 e. The average molecular weight is 297 g/mol. The van der Waals surface area contributed by atoms with E-state index < -0.39 is 0 Å². The van der Waals surface area contributed by atoms with Crippen LogP contribution in [0, 0.1) is 12.7 Å². The van der Waals surface area contributed by atoms with Crippen LogP contribution in [0.4, 0.5) is 4.39 Å². The number of hydrogen-bond acceptors (Lipinski definition) is 2. The standard InChI is InChI=1S/C14H10ClFS2/c1-8-2-5-11(17-8)14(15)13-6-9-3-4-10(16)7-12(9)18-13/h2-7,14H,1H3. The van der Waals surface area contributed by atoms with Crippen LogP contribution < -0.4 is 0 Å². The third-order valence-corrected chi connectivity index (χ3v) is 5.72. The zero-order valence-electron chi connectivity index (χ0n) is 9.61. The number of fused-ring (bicyclic) bond motifs is 1. The number of halogens is 2. The Morgan fingerprint density at radius 3 is 2.61 bits per heavy atom. The van der Waals surface area contributed by atoms with Gasteiger partial charge in [-0.3, -0.25) is 0 Å². The van der Waals surface area contributed by atoms with Crippen molar-refractivity contribution >= 4 is 44.4 Å². The summed E-state index contributed by atoms with van der Waals surface area (Å²) >= 11 is 9.75. The SMILES string of the molecule is Cc1ccc(C(Cl)c2cc3ccc(F)cc3s2)s1. The Balaban J connectivity index is 2.03. The second-order valence-corrected chi connectivity index (χ2v) is 7.01. The zero-order chi connectivity index (χ0) is 12.7. The van der Waals surface area contributed by atoms with Crippen molar-refractivity contribution in [2.75, 3.05) is 0 Å². The third-order valence-electron chi connectivity index (χ3n) is 2.76. The molecule has 3 rings (SSSR count). The Hall–Kier alpha value is -0.900. The normalized spacial score (nSPS) is 13.1. The Kier molecular flexibility index (Phi) is 3.14. The minimum atomic E-state index is -0.200. The van der Waals surface area contributed by atoms with Gasteiger partial charge in [0.15, 0.2) is 0 Å². The molecule has 1 unspecified atom stereocenters. The Labute approximate surface area is 118 Å². The lowest BCUT2D eigenvalue weighted by molar-refractivity contribution is 0.630. The second kappa shape index (κ2) is 4.65. The maximum absolute atomic E-state index is 13.1. The van der Waals surface area contributed by atoms with Crippen molar-refractivity contribution in [3.63, 3.8) is 0 Å². The molecule has 4 heteroatoms. The molecule has 3 aromatic rings. The topological polar surface area (TPSA) is 0 Å². The number of alkyl halides is 1. The van der Waals surface area contributed by atoms with Gasteiger partial charge in [-0.15, -0.1) is 34.3 Å². The zero-order valence-corrected chi connectivity index (χ0v) is 12.0. The molecule has 92 valence electrons. The molecule has 0 aliphatic heterocycles. The summed E-state index contributed by atoms with van der Waals surface area (Å²) in [6.45, 7) is 2.07. The van der Waals surface area contributed by atoms with Crippen molar-refractivity contribution in [1.82, 2.24) is 0 Å². The lowest BCUT2D eigenvalue weighted by Crippen LogP contribution is -1.83. The lowest BCUT2D eigenvalue weighted by atomic mass is 10.2. The van der Waals surface area contributed by atoms with Crippen LogP contribution in [0.3, 0.4) is 0 Å². The summed E-state index contributed by atoms with van der Waals surface area (Å²) in [4.78, 5) is 3.46. The third kappa shape index (κ3) is 2.18. The largest absolute Gasteiger partial charge is 0.207 e. The van der Waals surface area contributed by atoms with Crippen LogP contribution in [-0.2, 0) is 0 Å². The van der Waals surface area contributed by atoms with E-state index in [1.807, 2.05) is 6.07 Å². The molecule has 0 aliphatic carbocycles. The Morgan fingerprint density at radius 2 is 1.89 bits per heavy atom. The number of hydrogen-bond donors (Lipinski definition) is 0. The molecule has 0 aliphatic rings. The Morgan fingerprint density at radius 1 is 1.06 bits per heavy atom. The molecule has 0 N–H and O–H groups in total. The van der Waals surface area contributed by atoms with Crippen LogP contribution in [0.15, 0.2) is 36.4 Å². The molecule has 1 aromatic carbocycles. The number of rotatable bonds is 2. The van der Waals surface area contributed by atoms with Gasteiger partial charge in [0.25, 0.3) is 0 Å².